The molecule has 0 unspecified atom stereocenters. The number of nitrogens with zero attached hydrogens (tertiary/aromatic N) is 1. The number of carbonyl (C=O) groups excluding carboxylic acids is 1. The third-order valence-corrected chi connectivity index (χ3v) is 4.79. The number of fused-ring (bicyclic) bond motifs is 1. The maximum atomic E-state index is 12.7. The smallest absolute Gasteiger partial charge is 0.264 e. The Bertz CT molecular complexity index is 656. The Balaban J connectivity index is 2.59. The first-order chi connectivity index (χ1) is 10.2. The molecule has 0 aliphatic rings. The molecule has 1 heterocycles. The van der Waals surface area contributed by atoms with Crippen LogP contribution < -0.4 is 4.74 Å². The van der Waals surface area contributed by atoms with E-state index >= 15 is 0 Å². The van der Waals surface area contributed by atoms with Crippen LogP contribution in [0, 0.1) is 0 Å². The summed E-state index contributed by atoms with van der Waals surface area (Å²) in [6.45, 7) is 9.27. The molecule has 1 aromatic carbocycles. The fourth-order valence-electron chi connectivity index (χ4n) is 2.43. The van der Waals surface area contributed by atoms with Crippen molar-refractivity contribution in [2.75, 3.05) is 20.2 Å². The molecular formula is C17H21NO2S. The van der Waals surface area contributed by atoms with Gasteiger partial charge >= 0.3 is 0 Å². The summed E-state index contributed by atoms with van der Waals surface area (Å²) in [6.07, 6.45) is 2.54. The van der Waals surface area contributed by atoms with Crippen LogP contribution in [0.4, 0.5) is 0 Å². The summed E-state index contributed by atoms with van der Waals surface area (Å²) in [7, 11) is 1.66. The van der Waals surface area contributed by atoms with Crippen LogP contribution in [0.15, 0.2) is 30.9 Å². The van der Waals surface area contributed by atoms with E-state index in [9.17, 15) is 4.79 Å². The van der Waals surface area contributed by atoms with Crippen molar-refractivity contribution in [1.82, 2.24) is 4.90 Å². The van der Waals surface area contributed by atoms with Crippen LogP contribution in [0.3, 0.4) is 0 Å². The normalized spacial score (nSPS) is 10.6. The summed E-state index contributed by atoms with van der Waals surface area (Å²) in [4.78, 5) is 15.4. The Morgan fingerprint density at radius 1 is 1.38 bits per heavy atom. The maximum absolute atomic E-state index is 12.7. The van der Waals surface area contributed by atoms with E-state index in [4.69, 9.17) is 4.74 Å². The van der Waals surface area contributed by atoms with Gasteiger partial charge in [-0.15, -0.1) is 17.9 Å². The number of rotatable bonds is 6. The van der Waals surface area contributed by atoms with Gasteiger partial charge in [0.25, 0.3) is 5.91 Å². The molecule has 3 nitrogen and oxygen atoms in total. The number of allylic oxidation sites excluding steroid dienone is 1. The van der Waals surface area contributed by atoms with Crippen LogP contribution in [-0.2, 0) is 6.42 Å². The summed E-state index contributed by atoms with van der Waals surface area (Å²) >= 11 is 1.56. The van der Waals surface area contributed by atoms with E-state index < -0.39 is 0 Å². The highest BCUT2D eigenvalue weighted by molar-refractivity contribution is 7.21. The molecular weight excluding hydrogens is 282 g/mol. The van der Waals surface area contributed by atoms with Crippen molar-refractivity contribution in [2.45, 2.75) is 20.3 Å². The quantitative estimate of drug-likeness (QED) is 0.751. The van der Waals surface area contributed by atoms with Gasteiger partial charge in [-0.1, -0.05) is 6.08 Å². The lowest BCUT2D eigenvalue weighted by Crippen LogP contribution is -2.30. The van der Waals surface area contributed by atoms with Crippen molar-refractivity contribution < 1.29 is 9.53 Å². The molecule has 0 fully saturated rings. The first kappa shape index (κ1) is 15.6. The van der Waals surface area contributed by atoms with Gasteiger partial charge in [-0.3, -0.25) is 4.79 Å². The average molecular weight is 303 g/mol. The van der Waals surface area contributed by atoms with Gasteiger partial charge in [0.05, 0.1) is 12.0 Å². The third-order valence-electron chi connectivity index (χ3n) is 3.59. The van der Waals surface area contributed by atoms with Crippen molar-refractivity contribution in [1.29, 1.82) is 0 Å². The minimum absolute atomic E-state index is 0.108. The lowest BCUT2D eigenvalue weighted by atomic mass is 10.1. The second-order valence-corrected chi connectivity index (χ2v) is 5.79. The van der Waals surface area contributed by atoms with Crippen molar-refractivity contribution in [3.05, 3.63) is 41.3 Å². The standard InChI is InChI=1S/C17H21NO2S/c1-5-8-13-14-11-12(20-4)9-10-15(14)21-16(13)17(19)18(6-2)7-3/h5,9-11H,1,6-8H2,2-4H3. The van der Waals surface area contributed by atoms with Gasteiger partial charge < -0.3 is 9.64 Å². The molecule has 0 saturated heterocycles. The Morgan fingerprint density at radius 2 is 2.10 bits per heavy atom. The van der Waals surface area contributed by atoms with Crippen molar-refractivity contribution in [3.8, 4) is 5.75 Å². The van der Waals surface area contributed by atoms with Gasteiger partial charge in [0.15, 0.2) is 0 Å². The fourth-order valence-corrected chi connectivity index (χ4v) is 3.61. The summed E-state index contributed by atoms with van der Waals surface area (Å²) in [5, 5.41) is 1.09. The van der Waals surface area contributed by atoms with E-state index in [0.29, 0.717) is 6.42 Å². The lowest BCUT2D eigenvalue weighted by molar-refractivity contribution is 0.0777. The van der Waals surface area contributed by atoms with Crippen LogP contribution in [-0.4, -0.2) is 31.0 Å². The number of methoxy groups -OCH3 is 1. The Kier molecular flexibility index (Phi) is 5.02. The number of benzene rings is 1. The van der Waals surface area contributed by atoms with E-state index in [0.717, 1.165) is 39.4 Å². The van der Waals surface area contributed by atoms with Gasteiger partial charge in [0.2, 0.25) is 0 Å². The number of carbonyl (C=O) groups is 1. The van der Waals surface area contributed by atoms with Gasteiger partial charge in [-0.05, 0) is 44.0 Å². The number of hydrogen-bond acceptors (Lipinski definition) is 3. The number of thiophene rings is 1. The van der Waals surface area contributed by atoms with Crippen LogP contribution in [0.1, 0.15) is 29.1 Å². The molecule has 2 rings (SSSR count). The fraction of sp³-hybridized carbons (Fsp3) is 0.353. The van der Waals surface area contributed by atoms with Crippen LogP contribution in [0.5, 0.6) is 5.75 Å². The first-order valence-corrected chi connectivity index (χ1v) is 7.97. The highest BCUT2D eigenvalue weighted by Gasteiger charge is 2.21. The van der Waals surface area contributed by atoms with Gasteiger partial charge in [-0.2, -0.15) is 0 Å². The SMILES string of the molecule is C=CCc1c(C(=O)N(CC)CC)sc2ccc(OC)cc12. The summed E-state index contributed by atoms with van der Waals surface area (Å²) in [5.74, 6) is 0.921. The number of hydrogen-bond donors (Lipinski definition) is 0. The zero-order valence-corrected chi connectivity index (χ0v) is 13.6. The molecule has 2 aromatic rings. The molecule has 0 bridgehead atoms. The van der Waals surface area contributed by atoms with E-state index in [1.54, 1.807) is 18.4 Å². The van der Waals surface area contributed by atoms with Crippen LogP contribution in [0.2, 0.25) is 0 Å². The minimum atomic E-state index is 0.108. The van der Waals surface area contributed by atoms with Gasteiger partial charge in [0, 0.05) is 23.2 Å². The Labute approximate surface area is 129 Å². The Morgan fingerprint density at radius 3 is 2.67 bits per heavy atom. The molecule has 0 spiro atoms. The molecule has 0 aliphatic carbocycles. The molecule has 1 aromatic heterocycles. The zero-order chi connectivity index (χ0) is 15.4. The lowest BCUT2D eigenvalue weighted by Gasteiger charge is -2.18. The van der Waals surface area contributed by atoms with Gasteiger partial charge in [-0.25, -0.2) is 0 Å². The summed E-state index contributed by atoms with van der Waals surface area (Å²) in [6, 6.07) is 5.95. The van der Waals surface area contributed by atoms with E-state index in [1.807, 2.05) is 43.0 Å². The highest BCUT2D eigenvalue weighted by atomic mass is 32.1. The number of ether oxygens (including phenoxy) is 1. The maximum Gasteiger partial charge on any atom is 0.264 e. The summed E-state index contributed by atoms with van der Waals surface area (Å²) in [5.41, 5.74) is 1.06. The third kappa shape index (κ3) is 2.95. The van der Waals surface area contributed by atoms with E-state index in [1.165, 1.54) is 0 Å². The van der Waals surface area contributed by atoms with Crippen LogP contribution in [0.25, 0.3) is 10.1 Å². The zero-order valence-electron chi connectivity index (χ0n) is 12.8. The van der Waals surface area contributed by atoms with E-state index in [-0.39, 0.29) is 5.91 Å². The average Bonchev–Trinajstić information content (AvgIpc) is 2.86. The van der Waals surface area contributed by atoms with Crippen LogP contribution >= 0.6 is 11.3 Å². The molecule has 21 heavy (non-hydrogen) atoms. The second kappa shape index (κ2) is 6.76. The van der Waals surface area contributed by atoms with Gasteiger partial charge in [0.1, 0.15) is 5.75 Å². The molecule has 4 heteroatoms. The largest absolute Gasteiger partial charge is 0.497 e. The first-order valence-electron chi connectivity index (χ1n) is 7.15. The topological polar surface area (TPSA) is 29.5 Å². The predicted molar refractivity (Wildman–Crippen MR) is 89.5 cm³/mol. The molecule has 0 N–H and O–H groups in total. The minimum Gasteiger partial charge on any atom is -0.497 e. The monoisotopic (exact) mass is 303 g/mol. The second-order valence-electron chi connectivity index (χ2n) is 4.74. The van der Waals surface area contributed by atoms with Crippen molar-refractivity contribution >= 4 is 27.3 Å². The van der Waals surface area contributed by atoms with Crippen molar-refractivity contribution in [2.24, 2.45) is 0 Å². The molecule has 112 valence electrons. The molecule has 1 amide bonds. The molecule has 0 atom stereocenters. The summed E-state index contributed by atoms with van der Waals surface area (Å²) < 4.78 is 6.41. The molecule has 0 radical (unpaired) electrons. The Hall–Kier alpha value is -1.81. The highest BCUT2D eigenvalue weighted by Crippen LogP contribution is 2.35. The van der Waals surface area contributed by atoms with Crippen molar-refractivity contribution in [3.63, 3.8) is 0 Å². The number of amides is 1. The van der Waals surface area contributed by atoms with E-state index in [2.05, 4.69) is 6.58 Å². The predicted octanol–water partition coefficient (Wildman–Crippen LogP) is 4.12. The molecule has 0 aliphatic heterocycles. The molecule has 0 saturated carbocycles.